The molecule has 122 valence electrons. The van der Waals surface area contributed by atoms with Crippen LogP contribution in [0.5, 0.6) is 5.75 Å². The van der Waals surface area contributed by atoms with Gasteiger partial charge in [-0.25, -0.2) is 4.79 Å². The average Bonchev–Trinajstić information content (AvgIpc) is 2.59. The fourth-order valence-electron chi connectivity index (χ4n) is 2.76. The summed E-state index contributed by atoms with van der Waals surface area (Å²) in [7, 11) is 1.63. The number of rotatable bonds is 3. The molecule has 0 aliphatic carbocycles. The Kier molecular flexibility index (Phi) is 5.23. The summed E-state index contributed by atoms with van der Waals surface area (Å²) < 4.78 is 11.4. The van der Waals surface area contributed by atoms with E-state index in [0.717, 1.165) is 34.1 Å². The third-order valence-corrected chi connectivity index (χ3v) is 5.57. The standard InChI is InChI=1S/C17H19NO3S2/c1-20-13-5-6-15-14(10-13)12(9-16(19)21-15)11-23-17(22)18-7-3-2-4-8-18/h5-6,9-10H,2-4,7-8,11H2,1H3. The smallest absolute Gasteiger partial charge is 0.336 e. The molecule has 1 saturated heterocycles. The Labute approximate surface area is 144 Å². The van der Waals surface area contributed by atoms with Gasteiger partial charge >= 0.3 is 5.63 Å². The van der Waals surface area contributed by atoms with Crippen LogP contribution in [0.3, 0.4) is 0 Å². The predicted molar refractivity (Wildman–Crippen MR) is 98.4 cm³/mol. The second-order valence-electron chi connectivity index (χ2n) is 5.56. The molecular formula is C17H19NO3S2. The lowest BCUT2D eigenvalue weighted by atomic mass is 10.1. The van der Waals surface area contributed by atoms with Gasteiger partial charge in [0.2, 0.25) is 0 Å². The Morgan fingerprint density at radius 2 is 2.09 bits per heavy atom. The van der Waals surface area contributed by atoms with Crippen LogP contribution in [-0.2, 0) is 5.75 Å². The molecule has 2 heterocycles. The number of hydrogen-bond donors (Lipinski definition) is 0. The molecule has 6 heteroatoms. The summed E-state index contributed by atoms with van der Waals surface area (Å²) in [6, 6.07) is 7.01. The van der Waals surface area contributed by atoms with Gasteiger partial charge in [0.15, 0.2) is 0 Å². The second-order valence-corrected chi connectivity index (χ2v) is 7.16. The molecule has 23 heavy (non-hydrogen) atoms. The molecular weight excluding hydrogens is 330 g/mol. The van der Waals surface area contributed by atoms with Crippen molar-refractivity contribution in [3.63, 3.8) is 0 Å². The van der Waals surface area contributed by atoms with E-state index in [-0.39, 0.29) is 5.63 Å². The Morgan fingerprint density at radius 3 is 2.83 bits per heavy atom. The van der Waals surface area contributed by atoms with Crippen molar-refractivity contribution in [1.29, 1.82) is 0 Å². The van der Waals surface area contributed by atoms with Crippen molar-refractivity contribution in [2.75, 3.05) is 20.2 Å². The molecule has 4 nitrogen and oxygen atoms in total. The number of fused-ring (bicyclic) bond motifs is 1. The summed E-state index contributed by atoms with van der Waals surface area (Å²) in [6.07, 6.45) is 3.69. The van der Waals surface area contributed by atoms with Gasteiger partial charge in [-0.2, -0.15) is 0 Å². The molecule has 1 fully saturated rings. The molecule has 1 aromatic carbocycles. The van der Waals surface area contributed by atoms with Crippen LogP contribution in [0.25, 0.3) is 11.0 Å². The zero-order valence-corrected chi connectivity index (χ0v) is 14.7. The van der Waals surface area contributed by atoms with Crippen LogP contribution in [0, 0.1) is 0 Å². The van der Waals surface area contributed by atoms with Crippen molar-refractivity contribution in [1.82, 2.24) is 4.90 Å². The number of methoxy groups -OCH3 is 1. The highest BCUT2D eigenvalue weighted by Crippen LogP contribution is 2.27. The summed E-state index contributed by atoms with van der Waals surface area (Å²) in [5.41, 5.74) is 1.18. The molecule has 2 aromatic rings. The molecule has 3 rings (SSSR count). The summed E-state index contributed by atoms with van der Waals surface area (Å²) in [5.74, 6) is 1.40. The Balaban J connectivity index is 1.81. The summed E-state index contributed by atoms with van der Waals surface area (Å²) >= 11 is 7.15. The van der Waals surface area contributed by atoms with E-state index in [1.54, 1.807) is 37.1 Å². The summed E-state index contributed by atoms with van der Waals surface area (Å²) in [4.78, 5) is 14.0. The minimum atomic E-state index is -0.331. The average molecular weight is 349 g/mol. The lowest BCUT2D eigenvalue weighted by molar-refractivity contribution is 0.352. The van der Waals surface area contributed by atoms with Crippen molar-refractivity contribution in [3.05, 3.63) is 40.2 Å². The largest absolute Gasteiger partial charge is 0.497 e. The Morgan fingerprint density at radius 1 is 1.30 bits per heavy atom. The fraction of sp³-hybridized carbons (Fsp3) is 0.412. The molecule has 0 spiro atoms. The minimum absolute atomic E-state index is 0.331. The van der Waals surface area contributed by atoms with Gasteiger partial charge in [0.25, 0.3) is 0 Å². The van der Waals surface area contributed by atoms with E-state index in [0.29, 0.717) is 11.3 Å². The van der Waals surface area contributed by atoms with Crippen LogP contribution >= 0.6 is 24.0 Å². The van der Waals surface area contributed by atoms with E-state index in [4.69, 9.17) is 21.4 Å². The first-order valence-electron chi connectivity index (χ1n) is 7.70. The van der Waals surface area contributed by atoms with Crippen LogP contribution < -0.4 is 10.4 Å². The maximum absolute atomic E-state index is 11.8. The molecule has 0 atom stereocenters. The molecule has 0 bridgehead atoms. The van der Waals surface area contributed by atoms with E-state index in [1.165, 1.54) is 19.3 Å². The van der Waals surface area contributed by atoms with Crippen LogP contribution in [0.4, 0.5) is 0 Å². The summed E-state index contributed by atoms with van der Waals surface area (Å²) in [6.45, 7) is 2.08. The maximum Gasteiger partial charge on any atom is 0.336 e. The molecule has 0 radical (unpaired) electrons. The number of benzene rings is 1. The van der Waals surface area contributed by atoms with Gasteiger partial charge in [-0.1, -0.05) is 24.0 Å². The van der Waals surface area contributed by atoms with E-state index >= 15 is 0 Å². The number of likely N-dealkylation sites (tertiary alicyclic amines) is 1. The zero-order chi connectivity index (χ0) is 16.2. The van der Waals surface area contributed by atoms with Gasteiger partial charge in [-0.3, -0.25) is 0 Å². The highest BCUT2D eigenvalue weighted by molar-refractivity contribution is 8.22. The van der Waals surface area contributed by atoms with Gasteiger partial charge in [0, 0.05) is 30.3 Å². The third-order valence-electron chi connectivity index (χ3n) is 4.00. The number of piperidine rings is 1. The molecule has 1 aliphatic rings. The zero-order valence-electron chi connectivity index (χ0n) is 13.0. The number of hydrogen-bond acceptors (Lipinski definition) is 5. The molecule has 0 amide bonds. The van der Waals surface area contributed by atoms with Gasteiger partial charge in [-0.05, 0) is 43.0 Å². The van der Waals surface area contributed by atoms with Gasteiger partial charge in [0.05, 0.1) is 7.11 Å². The van der Waals surface area contributed by atoms with Gasteiger partial charge in [-0.15, -0.1) is 0 Å². The number of thioether (sulfide) groups is 1. The topological polar surface area (TPSA) is 42.7 Å². The van der Waals surface area contributed by atoms with Crippen LogP contribution in [0.2, 0.25) is 0 Å². The fourth-order valence-corrected chi connectivity index (χ4v) is 4.00. The first-order chi connectivity index (χ1) is 11.2. The first-order valence-corrected chi connectivity index (χ1v) is 9.09. The quantitative estimate of drug-likeness (QED) is 0.620. The normalized spacial score (nSPS) is 14.9. The predicted octanol–water partition coefficient (Wildman–Crippen LogP) is 3.81. The Bertz CT molecular complexity index is 766. The maximum atomic E-state index is 11.8. The van der Waals surface area contributed by atoms with Gasteiger partial charge in [0.1, 0.15) is 15.7 Å². The van der Waals surface area contributed by atoms with Gasteiger partial charge < -0.3 is 14.1 Å². The molecule has 0 unspecified atom stereocenters. The highest BCUT2D eigenvalue weighted by atomic mass is 32.2. The molecule has 0 N–H and O–H groups in total. The van der Waals surface area contributed by atoms with E-state index in [9.17, 15) is 4.79 Å². The van der Waals surface area contributed by atoms with Crippen molar-refractivity contribution in [2.24, 2.45) is 0 Å². The number of nitrogens with zero attached hydrogens (tertiary/aromatic N) is 1. The highest BCUT2D eigenvalue weighted by Gasteiger charge is 2.15. The lowest BCUT2D eigenvalue weighted by Gasteiger charge is -2.28. The lowest BCUT2D eigenvalue weighted by Crippen LogP contribution is -2.32. The van der Waals surface area contributed by atoms with Crippen molar-refractivity contribution >= 4 is 39.3 Å². The minimum Gasteiger partial charge on any atom is -0.497 e. The van der Waals surface area contributed by atoms with E-state index in [1.807, 2.05) is 6.07 Å². The van der Waals surface area contributed by atoms with Crippen molar-refractivity contribution in [2.45, 2.75) is 25.0 Å². The first kappa shape index (κ1) is 16.3. The third kappa shape index (κ3) is 3.87. The monoisotopic (exact) mass is 349 g/mol. The molecule has 1 aromatic heterocycles. The van der Waals surface area contributed by atoms with Crippen molar-refractivity contribution in [3.8, 4) is 5.75 Å². The van der Waals surface area contributed by atoms with Crippen molar-refractivity contribution < 1.29 is 9.15 Å². The molecule has 0 saturated carbocycles. The number of thiocarbonyl (C=S) groups is 1. The number of ether oxygens (including phenoxy) is 1. The van der Waals surface area contributed by atoms with E-state index in [2.05, 4.69) is 4.90 Å². The van der Waals surface area contributed by atoms with Crippen LogP contribution in [0.15, 0.2) is 33.5 Å². The summed E-state index contributed by atoms with van der Waals surface area (Å²) in [5, 5.41) is 0.901. The second kappa shape index (κ2) is 7.36. The molecule has 1 aliphatic heterocycles. The van der Waals surface area contributed by atoms with Crippen LogP contribution in [0.1, 0.15) is 24.8 Å². The Hall–Kier alpha value is -1.53. The SMILES string of the molecule is COc1ccc2oc(=O)cc(CSC(=S)N3CCCCC3)c2c1. The van der Waals surface area contributed by atoms with E-state index < -0.39 is 0 Å². The van der Waals surface area contributed by atoms with Crippen LogP contribution in [-0.4, -0.2) is 29.4 Å².